The van der Waals surface area contributed by atoms with Crippen molar-refractivity contribution in [3.05, 3.63) is 30.0 Å². The van der Waals surface area contributed by atoms with Gasteiger partial charge in [-0.15, -0.1) is 0 Å². The summed E-state index contributed by atoms with van der Waals surface area (Å²) >= 11 is 0. The summed E-state index contributed by atoms with van der Waals surface area (Å²) < 4.78 is 7.33. The Morgan fingerprint density at radius 3 is 2.48 bits per heavy atom. The van der Waals surface area contributed by atoms with Crippen molar-refractivity contribution >= 4 is 22.9 Å². The Morgan fingerprint density at radius 1 is 1.21 bits per heavy atom. The number of hydrogen-bond donors (Lipinski definition) is 1. The first-order chi connectivity index (χ1) is 13.7. The number of hydrogen-bond acceptors (Lipinski definition) is 4. The Kier molecular flexibility index (Phi) is 6.15. The maximum atomic E-state index is 12.8. The highest BCUT2D eigenvalue weighted by Gasteiger charge is 2.27. The van der Waals surface area contributed by atoms with Crippen molar-refractivity contribution in [1.82, 2.24) is 20.0 Å². The number of carbonyl (C=O) groups excluding carboxylic acids is 2. The minimum absolute atomic E-state index is 0.143. The van der Waals surface area contributed by atoms with Gasteiger partial charge in [0.15, 0.2) is 5.69 Å². The number of nitrogens with one attached hydrogen (secondary N) is 1. The molecule has 3 rings (SSSR count). The molecular weight excluding hydrogens is 368 g/mol. The molecule has 1 aliphatic heterocycles. The van der Waals surface area contributed by atoms with Crippen molar-refractivity contribution < 1.29 is 14.3 Å². The number of fused-ring (bicyclic) bond motifs is 1. The van der Waals surface area contributed by atoms with Gasteiger partial charge in [-0.1, -0.05) is 18.2 Å². The van der Waals surface area contributed by atoms with Crippen molar-refractivity contribution in [2.75, 3.05) is 19.6 Å². The van der Waals surface area contributed by atoms with E-state index in [1.54, 1.807) is 4.90 Å². The molecule has 2 heterocycles. The van der Waals surface area contributed by atoms with Gasteiger partial charge in [-0.05, 0) is 59.4 Å². The predicted molar refractivity (Wildman–Crippen MR) is 113 cm³/mol. The maximum Gasteiger partial charge on any atom is 0.410 e. The van der Waals surface area contributed by atoms with Gasteiger partial charge in [-0.2, -0.15) is 5.10 Å². The van der Waals surface area contributed by atoms with Crippen LogP contribution in [0, 0.1) is 5.92 Å². The molecule has 29 heavy (non-hydrogen) atoms. The SMILES string of the molecule is CC(C)n1nc(C(=O)NCC2CCN(C(=O)OC(C)(C)C)CC2)c2ccccc21. The number of rotatable bonds is 4. The lowest BCUT2D eigenvalue weighted by atomic mass is 9.97. The average Bonchev–Trinajstić information content (AvgIpc) is 3.05. The van der Waals surface area contributed by atoms with E-state index in [1.165, 1.54) is 0 Å². The lowest BCUT2D eigenvalue weighted by molar-refractivity contribution is 0.0183. The predicted octanol–water partition coefficient (Wildman–Crippen LogP) is 3.99. The van der Waals surface area contributed by atoms with Crippen LogP contribution in [-0.4, -0.2) is 51.9 Å². The summed E-state index contributed by atoms with van der Waals surface area (Å²) in [7, 11) is 0. The van der Waals surface area contributed by atoms with Gasteiger partial charge in [0.1, 0.15) is 5.60 Å². The van der Waals surface area contributed by atoms with Crippen molar-refractivity contribution in [3.63, 3.8) is 0 Å². The maximum absolute atomic E-state index is 12.8. The van der Waals surface area contributed by atoms with Gasteiger partial charge in [-0.3, -0.25) is 9.48 Å². The Balaban J connectivity index is 1.56. The highest BCUT2D eigenvalue weighted by Crippen LogP contribution is 2.22. The molecule has 0 atom stereocenters. The molecule has 0 aliphatic carbocycles. The molecule has 7 nitrogen and oxygen atoms in total. The molecule has 158 valence electrons. The molecule has 0 radical (unpaired) electrons. The summed E-state index contributed by atoms with van der Waals surface area (Å²) in [4.78, 5) is 26.7. The normalized spacial score (nSPS) is 15.7. The quantitative estimate of drug-likeness (QED) is 0.842. The lowest BCUT2D eigenvalue weighted by Crippen LogP contribution is -2.43. The van der Waals surface area contributed by atoms with Crippen LogP contribution in [0.2, 0.25) is 0 Å². The highest BCUT2D eigenvalue weighted by molar-refractivity contribution is 6.04. The number of likely N-dealkylation sites (tertiary alicyclic amines) is 1. The molecule has 1 saturated heterocycles. The fourth-order valence-corrected chi connectivity index (χ4v) is 3.62. The fourth-order valence-electron chi connectivity index (χ4n) is 3.62. The molecule has 1 aromatic heterocycles. The standard InChI is InChI=1S/C22H32N4O3/c1-15(2)26-18-9-7-6-8-17(18)19(24-26)20(27)23-14-16-10-12-25(13-11-16)21(28)29-22(3,4)5/h6-9,15-16H,10-14H2,1-5H3,(H,23,27). The molecule has 1 aromatic carbocycles. The van der Waals surface area contributed by atoms with E-state index in [-0.39, 0.29) is 18.0 Å². The fraction of sp³-hybridized carbons (Fsp3) is 0.591. The van der Waals surface area contributed by atoms with E-state index in [0.29, 0.717) is 31.2 Å². The smallest absolute Gasteiger partial charge is 0.410 e. The van der Waals surface area contributed by atoms with Crippen LogP contribution in [0.4, 0.5) is 4.79 Å². The van der Waals surface area contributed by atoms with Crippen LogP contribution in [0.3, 0.4) is 0 Å². The van der Waals surface area contributed by atoms with E-state index in [1.807, 2.05) is 49.7 Å². The number of aromatic nitrogens is 2. The summed E-state index contributed by atoms with van der Waals surface area (Å²) in [6.07, 6.45) is 1.44. The molecule has 1 fully saturated rings. The van der Waals surface area contributed by atoms with E-state index >= 15 is 0 Å². The molecule has 0 saturated carbocycles. The third-order valence-electron chi connectivity index (χ3n) is 5.14. The van der Waals surface area contributed by atoms with Gasteiger partial charge >= 0.3 is 6.09 Å². The van der Waals surface area contributed by atoms with Crippen molar-refractivity contribution in [1.29, 1.82) is 0 Å². The Bertz CT molecular complexity index is 874. The van der Waals surface area contributed by atoms with E-state index in [2.05, 4.69) is 24.3 Å². The molecule has 0 bridgehead atoms. The van der Waals surface area contributed by atoms with Crippen LogP contribution < -0.4 is 5.32 Å². The molecular formula is C22H32N4O3. The van der Waals surface area contributed by atoms with Crippen molar-refractivity contribution in [2.45, 2.75) is 59.1 Å². The average molecular weight is 401 g/mol. The van der Waals surface area contributed by atoms with Gasteiger partial charge in [0.2, 0.25) is 0 Å². The van der Waals surface area contributed by atoms with Gasteiger partial charge in [0, 0.05) is 31.1 Å². The number of benzene rings is 1. The van der Waals surface area contributed by atoms with Gasteiger partial charge in [0.05, 0.1) is 5.52 Å². The molecule has 7 heteroatoms. The first kappa shape index (κ1) is 21.1. The first-order valence-corrected chi connectivity index (χ1v) is 10.4. The second-order valence-corrected chi connectivity index (χ2v) is 9.02. The summed E-state index contributed by atoms with van der Waals surface area (Å²) in [5.74, 6) is 0.200. The third-order valence-corrected chi connectivity index (χ3v) is 5.14. The van der Waals surface area contributed by atoms with Crippen LogP contribution in [0.15, 0.2) is 24.3 Å². The molecule has 0 unspecified atom stereocenters. The van der Waals surface area contributed by atoms with Crippen LogP contribution in [-0.2, 0) is 4.74 Å². The number of carbonyl (C=O) groups is 2. The zero-order valence-electron chi connectivity index (χ0n) is 18.1. The lowest BCUT2D eigenvalue weighted by Gasteiger charge is -2.33. The van der Waals surface area contributed by atoms with Gasteiger partial charge in [-0.25, -0.2) is 4.79 Å². The molecule has 1 aliphatic rings. The summed E-state index contributed by atoms with van der Waals surface area (Å²) in [6.45, 7) is 11.6. The first-order valence-electron chi connectivity index (χ1n) is 10.4. The Labute approximate surface area is 172 Å². The largest absolute Gasteiger partial charge is 0.444 e. The van der Waals surface area contributed by atoms with Crippen LogP contribution >= 0.6 is 0 Å². The topological polar surface area (TPSA) is 76.5 Å². The molecule has 2 aromatic rings. The number of nitrogens with zero attached hydrogens (tertiary/aromatic N) is 3. The summed E-state index contributed by atoms with van der Waals surface area (Å²) in [6, 6.07) is 8.00. The van der Waals surface area contributed by atoms with E-state index in [0.717, 1.165) is 23.7 Å². The summed E-state index contributed by atoms with van der Waals surface area (Å²) in [5, 5.41) is 8.48. The van der Waals surface area contributed by atoms with E-state index in [4.69, 9.17) is 4.74 Å². The zero-order chi connectivity index (χ0) is 21.2. The summed E-state index contributed by atoms with van der Waals surface area (Å²) in [5.41, 5.74) is 0.961. The third kappa shape index (κ3) is 5.08. The molecule has 0 spiro atoms. The van der Waals surface area contributed by atoms with Crippen molar-refractivity contribution in [3.8, 4) is 0 Å². The minimum Gasteiger partial charge on any atom is -0.444 e. The van der Waals surface area contributed by atoms with Crippen LogP contribution in [0.25, 0.3) is 10.9 Å². The second kappa shape index (κ2) is 8.43. The molecule has 1 N–H and O–H groups in total. The van der Waals surface area contributed by atoms with Gasteiger partial charge in [0.25, 0.3) is 5.91 Å². The Morgan fingerprint density at radius 2 is 1.86 bits per heavy atom. The van der Waals surface area contributed by atoms with Gasteiger partial charge < -0.3 is 15.0 Å². The van der Waals surface area contributed by atoms with Crippen LogP contribution in [0.5, 0.6) is 0 Å². The number of para-hydroxylation sites is 1. The second-order valence-electron chi connectivity index (χ2n) is 9.02. The molecule has 2 amide bonds. The highest BCUT2D eigenvalue weighted by atomic mass is 16.6. The van der Waals surface area contributed by atoms with Crippen LogP contribution in [0.1, 0.15) is 64.0 Å². The monoisotopic (exact) mass is 400 g/mol. The number of amides is 2. The number of ether oxygens (including phenoxy) is 1. The Hall–Kier alpha value is -2.57. The zero-order valence-corrected chi connectivity index (χ0v) is 18.1. The minimum atomic E-state index is -0.482. The van der Waals surface area contributed by atoms with E-state index < -0.39 is 5.60 Å². The van der Waals surface area contributed by atoms with E-state index in [9.17, 15) is 9.59 Å². The number of piperidine rings is 1. The van der Waals surface area contributed by atoms with Crippen molar-refractivity contribution in [2.24, 2.45) is 5.92 Å².